The van der Waals surface area contributed by atoms with E-state index in [1.807, 2.05) is 6.07 Å². The van der Waals surface area contributed by atoms with E-state index in [0.29, 0.717) is 10.6 Å². The van der Waals surface area contributed by atoms with Crippen LogP contribution in [0.25, 0.3) is 0 Å². The molecule has 0 unspecified atom stereocenters. The predicted molar refractivity (Wildman–Crippen MR) is 71.6 cm³/mol. The minimum absolute atomic E-state index is 0.0188. The van der Waals surface area contributed by atoms with Crippen molar-refractivity contribution < 1.29 is 8.42 Å². The molecule has 0 aliphatic rings. The molecule has 0 amide bonds. The van der Waals surface area contributed by atoms with E-state index in [2.05, 4.69) is 14.7 Å². The lowest BCUT2D eigenvalue weighted by atomic mass is 10.5. The standard InChI is InChI=1S/C10H7ClN4O2S2/c1-6-4-8(11)14-10(13-6)15-19(16,17)9-3-2-7(5-12)18-9/h2-4H,1H3,(H,13,14,15). The Kier molecular flexibility index (Phi) is 3.71. The zero-order chi connectivity index (χ0) is 14.0. The Hall–Kier alpha value is -1.69. The van der Waals surface area contributed by atoms with Crippen LogP contribution in [0.1, 0.15) is 10.6 Å². The summed E-state index contributed by atoms with van der Waals surface area (Å²) in [6, 6.07) is 6.17. The average Bonchev–Trinajstić information content (AvgIpc) is 2.75. The van der Waals surface area contributed by atoms with Gasteiger partial charge in [-0.25, -0.2) is 23.1 Å². The number of nitriles is 1. The Balaban J connectivity index is 2.33. The summed E-state index contributed by atoms with van der Waals surface area (Å²) in [5, 5.41) is 8.83. The molecule has 2 rings (SSSR count). The van der Waals surface area contributed by atoms with Gasteiger partial charge in [-0.3, -0.25) is 0 Å². The second kappa shape index (κ2) is 5.13. The average molecular weight is 315 g/mol. The van der Waals surface area contributed by atoms with Gasteiger partial charge in [0.25, 0.3) is 10.0 Å². The topological polar surface area (TPSA) is 95.7 Å². The molecule has 0 fully saturated rings. The first-order valence-corrected chi connectivity index (χ1v) is 7.62. The largest absolute Gasteiger partial charge is 0.273 e. The summed E-state index contributed by atoms with van der Waals surface area (Å²) < 4.78 is 26.3. The second-order valence-electron chi connectivity index (χ2n) is 3.49. The maximum atomic E-state index is 12.0. The summed E-state index contributed by atoms with van der Waals surface area (Å²) in [7, 11) is -3.80. The molecule has 98 valence electrons. The molecule has 0 atom stereocenters. The van der Waals surface area contributed by atoms with E-state index in [1.54, 1.807) is 6.92 Å². The number of rotatable bonds is 3. The minimum Gasteiger partial charge on any atom is -0.246 e. The fourth-order valence-corrected chi connectivity index (χ4v) is 3.56. The van der Waals surface area contributed by atoms with E-state index in [-0.39, 0.29) is 15.3 Å². The molecular formula is C10H7ClN4O2S2. The third-order valence-electron chi connectivity index (χ3n) is 2.00. The Morgan fingerprint density at radius 1 is 1.42 bits per heavy atom. The van der Waals surface area contributed by atoms with Crippen LogP contribution in [0.3, 0.4) is 0 Å². The van der Waals surface area contributed by atoms with Crippen LogP contribution in [0.4, 0.5) is 5.95 Å². The van der Waals surface area contributed by atoms with Gasteiger partial charge in [0.1, 0.15) is 20.3 Å². The number of hydrogen-bond acceptors (Lipinski definition) is 6. The first-order chi connectivity index (χ1) is 8.90. The van der Waals surface area contributed by atoms with E-state index in [9.17, 15) is 8.42 Å². The van der Waals surface area contributed by atoms with Crippen molar-refractivity contribution in [2.45, 2.75) is 11.1 Å². The third kappa shape index (κ3) is 3.20. The summed E-state index contributed by atoms with van der Waals surface area (Å²) in [4.78, 5) is 8.01. The maximum Gasteiger partial charge on any atom is 0.273 e. The molecule has 0 aliphatic heterocycles. The van der Waals surface area contributed by atoms with Crippen LogP contribution in [-0.2, 0) is 10.0 Å². The van der Waals surface area contributed by atoms with Crippen LogP contribution >= 0.6 is 22.9 Å². The van der Waals surface area contributed by atoms with Crippen molar-refractivity contribution in [2.24, 2.45) is 0 Å². The van der Waals surface area contributed by atoms with Gasteiger partial charge in [0, 0.05) is 5.69 Å². The van der Waals surface area contributed by atoms with Gasteiger partial charge < -0.3 is 0 Å². The van der Waals surface area contributed by atoms with Gasteiger partial charge in [-0.15, -0.1) is 11.3 Å². The zero-order valence-corrected chi connectivity index (χ0v) is 12.0. The molecule has 0 saturated heterocycles. The molecular weight excluding hydrogens is 308 g/mol. The molecule has 2 aromatic heterocycles. The molecule has 19 heavy (non-hydrogen) atoms. The number of anilines is 1. The normalized spacial score (nSPS) is 11.0. The first kappa shape index (κ1) is 13.7. The lowest BCUT2D eigenvalue weighted by molar-refractivity contribution is 0.602. The Bertz CT molecular complexity index is 744. The number of nitrogens with zero attached hydrogens (tertiary/aromatic N) is 3. The highest BCUT2D eigenvalue weighted by Gasteiger charge is 2.18. The fraction of sp³-hybridized carbons (Fsp3) is 0.100. The van der Waals surface area contributed by atoms with Crippen molar-refractivity contribution in [3.8, 4) is 6.07 Å². The van der Waals surface area contributed by atoms with Gasteiger partial charge in [0.15, 0.2) is 0 Å². The van der Waals surface area contributed by atoms with E-state index in [4.69, 9.17) is 16.9 Å². The van der Waals surface area contributed by atoms with Crippen molar-refractivity contribution in [1.29, 1.82) is 5.26 Å². The SMILES string of the molecule is Cc1cc(Cl)nc(NS(=O)(=O)c2ccc(C#N)s2)n1. The Morgan fingerprint density at radius 2 is 2.16 bits per heavy atom. The Labute approximate surface area is 118 Å². The minimum atomic E-state index is -3.80. The molecule has 9 heteroatoms. The molecule has 0 aliphatic carbocycles. The number of thiophene rings is 1. The van der Waals surface area contributed by atoms with E-state index in [0.717, 1.165) is 11.3 Å². The van der Waals surface area contributed by atoms with Crippen molar-refractivity contribution in [1.82, 2.24) is 9.97 Å². The number of hydrogen-bond donors (Lipinski definition) is 1. The molecule has 6 nitrogen and oxygen atoms in total. The highest BCUT2D eigenvalue weighted by molar-refractivity contribution is 7.94. The van der Waals surface area contributed by atoms with Crippen LogP contribution in [-0.4, -0.2) is 18.4 Å². The van der Waals surface area contributed by atoms with Gasteiger partial charge in [-0.05, 0) is 25.1 Å². The lowest BCUT2D eigenvalue weighted by Gasteiger charge is -2.05. The fourth-order valence-electron chi connectivity index (χ4n) is 1.27. The highest BCUT2D eigenvalue weighted by Crippen LogP contribution is 2.23. The third-order valence-corrected chi connectivity index (χ3v) is 5.01. The van der Waals surface area contributed by atoms with E-state index >= 15 is 0 Å². The van der Waals surface area contributed by atoms with Crippen LogP contribution in [0, 0.1) is 18.3 Å². The van der Waals surface area contributed by atoms with Gasteiger partial charge in [0.05, 0.1) is 0 Å². The predicted octanol–water partition coefficient (Wildman–Crippen LogP) is 2.17. The number of sulfonamides is 1. The monoisotopic (exact) mass is 314 g/mol. The van der Waals surface area contributed by atoms with E-state index in [1.165, 1.54) is 18.2 Å². The lowest BCUT2D eigenvalue weighted by Crippen LogP contribution is -2.14. The van der Waals surface area contributed by atoms with Crippen LogP contribution in [0.2, 0.25) is 5.15 Å². The van der Waals surface area contributed by atoms with Gasteiger partial charge in [-0.1, -0.05) is 11.6 Å². The van der Waals surface area contributed by atoms with E-state index < -0.39 is 10.0 Å². The van der Waals surface area contributed by atoms with Crippen LogP contribution < -0.4 is 4.72 Å². The number of aromatic nitrogens is 2. The molecule has 0 radical (unpaired) electrons. The molecule has 0 spiro atoms. The molecule has 0 aromatic carbocycles. The van der Waals surface area contributed by atoms with Crippen molar-refractivity contribution in [3.05, 3.63) is 33.9 Å². The molecule has 2 aromatic rings. The molecule has 0 saturated carbocycles. The number of aryl methyl sites for hydroxylation is 1. The summed E-state index contributed by atoms with van der Waals surface area (Å²) in [6.45, 7) is 1.67. The summed E-state index contributed by atoms with van der Waals surface area (Å²) in [5.74, 6) is -0.100. The van der Waals surface area contributed by atoms with Crippen molar-refractivity contribution >= 4 is 38.9 Å². The summed E-state index contributed by atoms with van der Waals surface area (Å²) >= 11 is 6.59. The molecule has 1 N–H and O–H groups in total. The second-order valence-corrected chi connectivity index (χ2v) is 6.87. The summed E-state index contributed by atoms with van der Waals surface area (Å²) in [6.07, 6.45) is 0. The van der Waals surface area contributed by atoms with Crippen molar-refractivity contribution in [2.75, 3.05) is 4.72 Å². The number of halogens is 1. The van der Waals surface area contributed by atoms with Crippen LogP contribution in [0.15, 0.2) is 22.4 Å². The number of nitrogens with one attached hydrogen (secondary N) is 1. The zero-order valence-electron chi connectivity index (χ0n) is 9.58. The van der Waals surface area contributed by atoms with Crippen LogP contribution in [0.5, 0.6) is 0 Å². The maximum absolute atomic E-state index is 12.0. The van der Waals surface area contributed by atoms with Gasteiger partial charge >= 0.3 is 0 Å². The molecule has 0 bridgehead atoms. The Morgan fingerprint density at radius 3 is 2.74 bits per heavy atom. The highest BCUT2D eigenvalue weighted by atomic mass is 35.5. The quantitative estimate of drug-likeness (QED) is 0.876. The molecule has 2 heterocycles. The summed E-state index contributed by atoms with van der Waals surface area (Å²) in [5.41, 5.74) is 0.543. The van der Waals surface area contributed by atoms with Crippen molar-refractivity contribution in [3.63, 3.8) is 0 Å². The first-order valence-electron chi connectivity index (χ1n) is 4.94. The smallest absolute Gasteiger partial charge is 0.246 e. The van der Waals surface area contributed by atoms with Gasteiger partial charge in [-0.2, -0.15) is 5.26 Å². The van der Waals surface area contributed by atoms with Gasteiger partial charge in [0.2, 0.25) is 5.95 Å².